The summed E-state index contributed by atoms with van der Waals surface area (Å²) < 4.78 is 6.59. The van der Waals surface area contributed by atoms with Crippen LogP contribution in [0.3, 0.4) is 0 Å². The number of anilines is 3. The second-order valence-electron chi connectivity index (χ2n) is 11.6. The Morgan fingerprint density at radius 1 is 0.457 bits per heavy atom. The first-order valence-electron chi connectivity index (χ1n) is 15.5. The van der Waals surface area contributed by atoms with Crippen molar-refractivity contribution in [2.75, 3.05) is 4.90 Å². The zero-order valence-corrected chi connectivity index (χ0v) is 25.0. The van der Waals surface area contributed by atoms with Gasteiger partial charge >= 0.3 is 0 Å². The number of hydrogen-bond donors (Lipinski definition) is 0. The molecule has 9 rings (SSSR count). The minimum absolute atomic E-state index is 0.846. The van der Waals surface area contributed by atoms with Gasteiger partial charge in [0.15, 0.2) is 0 Å². The molecule has 0 fully saturated rings. The zero-order chi connectivity index (χ0) is 30.5. The molecule has 0 amide bonds. The Morgan fingerprint density at radius 3 is 2.07 bits per heavy atom. The fourth-order valence-corrected chi connectivity index (χ4v) is 6.74. The average Bonchev–Trinajstić information content (AvgIpc) is 3.51. The molecule has 0 atom stereocenters. The Balaban J connectivity index is 1.23. The van der Waals surface area contributed by atoms with Crippen molar-refractivity contribution in [2.24, 2.45) is 0 Å². The number of aromatic nitrogens is 1. The minimum Gasteiger partial charge on any atom is -0.455 e. The predicted octanol–water partition coefficient (Wildman–Crippen LogP) is 12.1. The maximum atomic E-state index is 6.59. The van der Waals surface area contributed by atoms with Gasteiger partial charge in [-0.05, 0) is 82.1 Å². The third kappa shape index (κ3) is 4.33. The molecule has 0 aliphatic rings. The third-order valence-corrected chi connectivity index (χ3v) is 8.92. The molecule has 2 aromatic heterocycles. The van der Waals surface area contributed by atoms with Gasteiger partial charge in [-0.2, -0.15) is 0 Å². The van der Waals surface area contributed by atoms with E-state index in [1.54, 1.807) is 0 Å². The second-order valence-corrected chi connectivity index (χ2v) is 11.6. The van der Waals surface area contributed by atoms with Crippen molar-refractivity contribution < 1.29 is 4.42 Å². The van der Waals surface area contributed by atoms with E-state index < -0.39 is 0 Å². The van der Waals surface area contributed by atoms with Gasteiger partial charge in [0.25, 0.3) is 0 Å². The van der Waals surface area contributed by atoms with Gasteiger partial charge < -0.3 is 9.32 Å². The van der Waals surface area contributed by atoms with Crippen LogP contribution in [0.25, 0.3) is 65.9 Å². The summed E-state index contributed by atoms with van der Waals surface area (Å²) >= 11 is 0. The number of hydrogen-bond acceptors (Lipinski definition) is 3. The van der Waals surface area contributed by atoms with Crippen LogP contribution in [0.1, 0.15) is 0 Å². The van der Waals surface area contributed by atoms with Crippen molar-refractivity contribution in [1.29, 1.82) is 0 Å². The number of fused-ring (bicyclic) bond motifs is 6. The molecule has 0 aliphatic heterocycles. The number of pyridine rings is 1. The molecule has 0 bridgehead atoms. The second kappa shape index (κ2) is 10.8. The van der Waals surface area contributed by atoms with Gasteiger partial charge in [-0.25, -0.2) is 0 Å². The van der Waals surface area contributed by atoms with Gasteiger partial charge in [0.1, 0.15) is 11.2 Å². The summed E-state index contributed by atoms with van der Waals surface area (Å²) in [4.78, 5) is 6.88. The quantitative estimate of drug-likeness (QED) is 0.200. The smallest absolute Gasteiger partial charge is 0.144 e. The van der Waals surface area contributed by atoms with Crippen LogP contribution in [0.15, 0.2) is 174 Å². The van der Waals surface area contributed by atoms with E-state index in [1.807, 2.05) is 12.3 Å². The highest BCUT2D eigenvalue weighted by Gasteiger charge is 2.19. The monoisotopic (exact) mass is 588 g/mol. The lowest BCUT2D eigenvalue weighted by molar-refractivity contribution is 0.672. The van der Waals surface area contributed by atoms with Crippen LogP contribution in [0.5, 0.6) is 0 Å². The summed E-state index contributed by atoms with van der Waals surface area (Å²) in [5.74, 6) is 0. The van der Waals surface area contributed by atoms with Crippen molar-refractivity contribution >= 4 is 60.7 Å². The molecule has 0 N–H and O–H groups in total. The summed E-state index contributed by atoms with van der Waals surface area (Å²) in [6, 6.07) is 57.9. The van der Waals surface area contributed by atoms with Gasteiger partial charge in [0, 0.05) is 45.4 Å². The average molecular weight is 589 g/mol. The molecule has 216 valence electrons. The highest BCUT2D eigenvalue weighted by molar-refractivity contribution is 6.15. The Labute approximate surface area is 266 Å². The first kappa shape index (κ1) is 26.2. The third-order valence-electron chi connectivity index (χ3n) is 8.92. The van der Waals surface area contributed by atoms with E-state index in [0.717, 1.165) is 55.5 Å². The van der Waals surface area contributed by atoms with E-state index in [-0.39, 0.29) is 0 Å². The number of rotatable bonds is 5. The van der Waals surface area contributed by atoms with Crippen molar-refractivity contribution in [1.82, 2.24) is 4.98 Å². The van der Waals surface area contributed by atoms with Crippen LogP contribution >= 0.6 is 0 Å². The number of benzene rings is 7. The predicted molar refractivity (Wildman–Crippen MR) is 192 cm³/mol. The molecule has 7 aromatic carbocycles. The highest BCUT2D eigenvalue weighted by Crippen LogP contribution is 2.43. The lowest BCUT2D eigenvalue weighted by Crippen LogP contribution is -2.11. The van der Waals surface area contributed by atoms with Crippen molar-refractivity contribution in [3.63, 3.8) is 0 Å². The fraction of sp³-hybridized carbons (Fsp3) is 0. The Hall–Kier alpha value is -6.19. The summed E-state index contributed by atoms with van der Waals surface area (Å²) in [5.41, 5.74) is 10.6. The molecule has 0 aliphatic carbocycles. The molecular formula is C43H28N2O. The lowest BCUT2D eigenvalue weighted by atomic mass is 9.97. The van der Waals surface area contributed by atoms with E-state index in [2.05, 4.69) is 168 Å². The number of furan rings is 1. The van der Waals surface area contributed by atoms with Crippen LogP contribution < -0.4 is 4.90 Å². The molecule has 0 saturated carbocycles. The van der Waals surface area contributed by atoms with E-state index >= 15 is 0 Å². The molecular weight excluding hydrogens is 560 g/mol. The molecule has 3 heteroatoms. The SMILES string of the molecule is c1ccc(-c2ccccc2N(c2ccc(-c3cccc4ccccc34)cc2)c2ccc3c(c2)oc2c4cccnc4ccc32)cc1. The molecule has 46 heavy (non-hydrogen) atoms. The fourth-order valence-electron chi connectivity index (χ4n) is 6.74. The Bertz CT molecular complexity index is 2530. The summed E-state index contributed by atoms with van der Waals surface area (Å²) in [7, 11) is 0. The zero-order valence-electron chi connectivity index (χ0n) is 25.0. The van der Waals surface area contributed by atoms with Gasteiger partial charge in [-0.15, -0.1) is 0 Å². The van der Waals surface area contributed by atoms with Crippen molar-refractivity contribution in [3.05, 3.63) is 170 Å². The van der Waals surface area contributed by atoms with Gasteiger partial charge in [-0.3, -0.25) is 4.98 Å². The molecule has 2 heterocycles. The maximum absolute atomic E-state index is 6.59. The lowest BCUT2D eigenvalue weighted by Gasteiger charge is -2.28. The summed E-state index contributed by atoms with van der Waals surface area (Å²) in [6.45, 7) is 0. The van der Waals surface area contributed by atoms with E-state index in [1.165, 1.54) is 27.5 Å². The van der Waals surface area contributed by atoms with Crippen LogP contribution in [-0.2, 0) is 0 Å². The van der Waals surface area contributed by atoms with Gasteiger partial charge in [0.2, 0.25) is 0 Å². The molecule has 0 unspecified atom stereocenters. The topological polar surface area (TPSA) is 29.3 Å². The molecule has 9 aromatic rings. The number of nitrogens with zero attached hydrogens (tertiary/aromatic N) is 2. The standard InChI is InChI=1S/C43H28N2O/c1-2-10-30(11-3-1)36-15-6-7-18-41(36)45(32-21-19-31(20-22-32)35-16-8-13-29-12-4-5-14-34(29)35)33-23-24-37-38-25-26-40-39(17-9-27-44-40)43(38)46-42(37)28-33/h1-28H. The molecule has 0 spiro atoms. The van der Waals surface area contributed by atoms with Crippen LogP contribution in [-0.4, -0.2) is 4.98 Å². The first-order valence-corrected chi connectivity index (χ1v) is 15.5. The van der Waals surface area contributed by atoms with Gasteiger partial charge in [0.05, 0.1) is 11.2 Å². The Kier molecular flexibility index (Phi) is 6.14. The molecule has 3 nitrogen and oxygen atoms in total. The van der Waals surface area contributed by atoms with E-state index in [9.17, 15) is 0 Å². The minimum atomic E-state index is 0.846. The van der Waals surface area contributed by atoms with Crippen LogP contribution in [0.4, 0.5) is 17.1 Å². The summed E-state index contributed by atoms with van der Waals surface area (Å²) in [6.07, 6.45) is 1.82. The van der Waals surface area contributed by atoms with Crippen molar-refractivity contribution in [2.45, 2.75) is 0 Å². The molecule has 0 radical (unpaired) electrons. The normalized spacial score (nSPS) is 11.5. The first-order chi connectivity index (χ1) is 22.8. The number of para-hydroxylation sites is 1. The van der Waals surface area contributed by atoms with Crippen LogP contribution in [0, 0.1) is 0 Å². The largest absolute Gasteiger partial charge is 0.455 e. The Morgan fingerprint density at radius 2 is 1.15 bits per heavy atom. The maximum Gasteiger partial charge on any atom is 0.144 e. The van der Waals surface area contributed by atoms with E-state index in [4.69, 9.17) is 4.42 Å². The van der Waals surface area contributed by atoms with Crippen molar-refractivity contribution in [3.8, 4) is 22.3 Å². The molecule has 0 saturated heterocycles. The van der Waals surface area contributed by atoms with Gasteiger partial charge in [-0.1, -0.05) is 103 Å². The van der Waals surface area contributed by atoms with Crippen LogP contribution in [0.2, 0.25) is 0 Å². The highest BCUT2D eigenvalue weighted by atomic mass is 16.3. The summed E-state index contributed by atoms with van der Waals surface area (Å²) in [5, 5.41) is 5.70. The van der Waals surface area contributed by atoms with E-state index in [0.29, 0.717) is 0 Å².